The molecule has 0 bridgehead atoms. The van der Waals surface area contributed by atoms with Crippen molar-refractivity contribution < 1.29 is 13.5 Å². The lowest BCUT2D eigenvalue weighted by Crippen LogP contribution is -2.67. The fraction of sp³-hybridized carbons (Fsp3) is 1.00. The first-order valence-corrected chi connectivity index (χ1v) is 4.73. The van der Waals surface area contributed by atoms with Gasteiger partial charge in [0.1, 0.15) is 0 Å². The second kappa shape index (κ2) is 2.06. The fourth-order valence-electron chi connectivity index (χ4n) is 3.48. The molecule has 2 saturated heterocycles. The Labute approximate surface area is 75.8 Å². The van der Waals surface area contributed by atoms with Gasteiger partial charge in [-0.15, -0.1) is 0 Å². The second-order valence-electron chi connectivity index (χ2n) is 4.68. The number of ether oxygens (including phenoxy) is 1. The molecule has 0 amide bonds. The molecule has 3 atom stereocenters. The van der Waals surface area contributed by atoms with Gasteiger partial charge in [-0.2, -0.15) is 0 Å². The van der Waals surface area contributed by atoms with E-state index in [9.17, 15) is 8.78 Å². The van der Waals surface area contributed by atoms with E-state index < -0.39 is 5.92 Å². The van der Waals surface area contributed by atoms with Crippen molar-refractivity contribution in [1.29, 1.82) is 0 Å². The lowest BCUT2D eigenvalue weighted by Gasteiger charge is -2.54. The van der Waals surface area contributed by atoms with E-state index in [4.69, 9.17) is 4.74 Å². The summed E-state index contributed by atoms with van der Waals surface area (Å²) in [6.45, 7) is 1.19. The van der Waals surface area contributed by atoms with Crippen molar-refractivity contribution in [3.63, 3.8) is 0 Å². The summed E-state index contributed by atoms with van der Waals surface area (Å²) in [7, 11) is 1.93. The van der Waals surface area contributed by atoms with Gasteiger partial charge in [-0.3, -0.25) is 4.90 Å². The van der Waals surface area contributed by atoms with Crippen LogP contribution >= 0.6 is 0 Å². The Morgan fingerprint density at radius 3 is 2.92 bits per heavy atom. The number of likely N-dealkylation sites (N-methyl/N-ethyl adjacent to an activating group) is 1. The Hall–Kier alpha value is -0.220. The van der Waals surface area contributed by atoms with E-state index in [-0.39, 0.29) is 30.3 Å². The molecule has 2 heterocycles. The number of hydrogen-bond donors (Lipinski definition) is 0. The molecular formula is C9H13F2NO. The van der Waals surface area contributed by atoms with Crippen LogP contribution in [0, 0.1) is 5.41 Å². The van der Waals surface area contributed by atoms with Crippen LogP contribution in [0.1, 0.15) is 12.8 Å². The van der Waals surface area contributed by atoms with E-state index in [0.717, 1.165) is 0 Å². The smallest absolute Gasteiger partial charge is 0.250 e. The van der Waals surface area contributed by atoms with Crippen LogP contribution in [-0.4, -0.2) is 43.2 Å². The van der Waals surface area contributed by atoms with Crippen molar-refractivity contribution in [2.45, 2.75) is 30.8 Å². The zero-order valence-electron chi connectivity index (χ0n) is 7.59. The minimum absolute atomic E-state index is 0.0311. The van der Waals surface area contributed by atoms with Gasteiger partial charge in [0.2, 0.25) is 5.92 Å². The molecule has 0 radical (unpaired) electrons. The first kappa shape index (κ1) is 8.12. The van der Waals surface area contributed by atoms with E-state index in [0.29, 0.717) is 13.2 Å². The van der Waals surface area contributed by atoms with Gasteiger partial charge in [0.15, 0.2) is 0 Å². The summed E-state index contributed by atoms with van der Waals surface area (Å²) >= 11 is 0. The predicted octanol–water partition coefficient (Wildman–Crippen LogP) is 1.11. The lowest BCUT2D eigenvalue weighted by atomic mass is 9.69. The third-order valence-corrected chi connectivity index (χ3v) is 4.04. The van der Waals surface area contributed by atoms with E-state index >= 15 is 0 Å². The standard InChI is InChI=1S/C9H13F2NO/c1-12-6-2-9(10,11)4-8(6)5-13-3-7(8)12/h6-7H,2-5H2,1H3. The number of nitrogens with zero attached hydrogens (tertiary/aromatic N) is 1. The molecule has 2 nitrogen and oxygen atoms in total. The van der Waals surface area contributed by atoms with Crippen LogP contribution in [0.25, 0.3) is 0 Å². The Balaban J connectivity index is 1.94. The van der Waals surface area contributed by atoms with Crippen molar-refractivity contribution in [3.05, 3.63) is 0 Å². The highest BCUT2D eigenvalue weighted by molar-refractivity contribution is 5.19. The maximum Gasteiger partial charge on any atom is 0.250 e. The van der Waals surface area contributed by atoms with Gasteiger partial charge in [-0.05, 0) is 7.05 Å². The van der Waals surface area contributed by atoms with Gasteiger partial charge in [0.25, 0.3) is 0 Å². The maximum absolute atomic E-state index is 13.2. The zero-order chi connectivity index (χ0) is 9.27. The summed E-state index contributed by atoms with van der Waals surface area (Å²) in [6, 6.07) is 0.320. The third kappa shape index (κ3) is 0.789. The molecule has 3 rings (SSSR count). The molecule has 3 unspecified atom stereocenters. The molecule has 0 aromatic rings. The van der Waals surface area contributed by atoms with Gasteiger partial charge in [0.05, 0.1) is 13.2 Å². The first-order valence-electron chi connectivity index (χ1n) is 4.73. The quantitative estimate of drug-likeness (QED) is 0.566. The second-order valence-corrected chi connectivity index (χ2v) is 4.68. The Bertz CT molecular complexity index is 258. The number of likely N-dealkylation sites (tertiary alicyclic amines) is 1. The molecule has 1 spiro atoms. The van der Waals surface area contributed by atoms with Crippen LogP contribution in [-0.2, 0) is 4.74 Å². The molecule has 1 aliphatic carbocycles. The van der Waals surface area contributed by atoms with Gasteiger partial charge in [-0.25, -0.2) is 8.78 Å². The number of hydrogen-bond acceptors (Lipinski definition) is 2. The zero-order valence-corrected chi connectivity index (χ0v) is 7.59. The molecule has 2 aliphatic heterocycles. The first-order chi connectivity index (χ1) is 6.05. The summed E-state index contributed by atoms with van der Waals surface area (Å²) in [5.74, 6) is -2.46. The summed E-state index contributed by atoms with van der Waals surface area (Å²) in [5.41, 5.74) is -0.196. The molecule has 3 fully saturated rings. The van der Waals surface area contributed by atoms with Crippen molar-refractivity contribution in [1.82, 2.24) is 4.90 Å². The van der Waals surface area contributed by atoms with Gasteiger partial charge < -0.3 is 4.74 Å². The minimum atomic E-state index is -2.46. The summed E-state index contributed by atoms with van der Waals surface area (Å²) in [6.07, 6.45) is 0.0725. The summed E-state index contributed by atoms with van der Waals surface area (Å²) in [5, 5.41) is 0. The average Bonchev–Trinajstić information content (AvgIpc) is 2.51. The Morgan fingerprint density at radius 2 is 2.15 bits per heavy atom. The largest absolute Gasteiger partial charge is 0.379 e. The van der Waals surface area contributed by atoms with Gasteiger partial charge in [0, 0.05) is 30.3 Å². The molecule has 74 valence electrons. The fourth-order valence-corrected chi connectivity index (χ4v) is 3.48. The van der Waals surface area contributed by atoms with Crippen LogP contribution in [0.2, 0.25) is 0 Å². The molecule has 4 heteroatoms. The highest BCUT2D eigenvalue weighted by Gasteiger charge is 2.70. The normalized spacial score (nSPS) is 52.8. The Morgan fingerprint density at radius 1 is 1.38 bits per heavy atom. The van der Waals surface area contributed by atoms with Crippen molar-refractivity contribution in [2.24, 2.45) is 5.41 Å². The molecule has 0 aromatic carbocycles. The molecule has 13 heavy (non-hydrogen) atoms. The van der Waals surface area contributed by atoms with E-state index in [1.165, 1.54) is 0 Å². The number of halogens is 2. The Kier molecular flexibility index (Phi) is 1.29. The molecular weight excluding hydrogens is 176 g/mol. The van der Waals surface area contributed by atoms with Crippen LogP contribution in [0.4, 0.5) is 8.78 Å². The summed E-state index contributed by atoms with van der Waals surface area (Å²) in [4.78, 5) is 2.06. The van der Waals surface area contributed by atoms with Gasteiger partial charge >= 0.3 is 0 Å². The van der Waals surface area contributed by atoms with Crippen molar-refractivity contribution >= 4 is 0 Å². The van der Waals surface area contributed by atoms with Crippen LogP contribution in [0.5, 0.6) is 0 Å². The topological polar surface area (TPSA) is 12.5 Å². The summed E-state index contributed by atoms with van der Waals surface area (Å²) < 4.78 is 31.7. The van der Waals surface area contributed by atoms with Crippen LogP contribution in [0.15, 0.2) is 0 Å². The maximum atomic E-state index is 13.2. The van der Waals surface area contributed by atoms with Crippen LogP contribution in [0.3, 0.4) is 0 Å². The van der Waals surface area contributed by atoms with Crippen molar-refractivity contribution in [2.75, 3.05) is 20.3 Å². The van der Waals surface area contributed by atoms with E-state index in [2.05, 4.69) is 4.90 Å². The molecule has 3 aliphatic rings. The highest BCUT2D eigenvalue weighted by Crippen LogP contribution is 2.61. The van der Waals surface area contributed by atoms with E-state index in [1.807, 2.05) is 7.05 Å². The lowest BCUT2D eigenvalue weighted by molar-refractivity contribution is -0.0701. The average molecular weight is 189 g/mol. The van der Waals surface area contributed by atoms with Crippen LogP contribution < -0.4 is 0 Å². The number of alkyl halides is 2. The molecule has 1 saturated carbocycles. The SMILES string of the molecule is CN1C2COCC23CC(F)(F)CC13. The monoisotopic (exact) mass is 189 g/mol. The number of rotatable bonds is 0. The van der Waals surface area contributed by atoms with Crippen molar-refractivity contribution in [3.8, 4) is 0 Å². The molecule has 0 aromatic heterocycles. The molecule has 0 N–H and O–H groups in total. The minimum Gasteiger partial charge on any atom is -0.379 e. The van der Waals surface area contributed by atoms with Gasteiger partial charge in [-0.1, -0.05) is 0 Å². The predicted molar refractivity (Wildman–Crippen MR) is 42.8 cm³/mol. The third-order valence-electron chi connectivity index (χ3n) is 4.04. The highest BCUT2D eigenvalue weighted by atomic mass is 19.3. The van der Waals surface area contributed by atoms with E-state index in [1.54, 1.807) is 0 Å².